The van der Waals surface area contributed by atoms with Gasteiger partial charge in [0.15, 0.2) is 5.66 Å². The first-order valence-electron chi connectivity index (χ1n) is 5.23. The first-order valence-corrected chi connectivity index (χ1v) is 6.91. The van der Waals surface area contributed by atoms with Gasteiger partial charge in [0.05, 0.1) is 0 Å². The van der Waals surface area contributed by atoms with E-state index in [-0.39, 0.29) is 6.42 Å². The Labute approximate surface area is 99.3 Å². The summed E-state index contributed by atoms with van der Waals surface area (Å²) in [6.07, 6.45) is 1.03. The SMILES string of the molecule is O=C(O)C(CCCc1ccccc1)P(=O)(O)O. The van der Waals surface area contributed by atoms with E-state index in [4.69, 9.17) is 14.9 Å². The van der Waals surface area contributed by atoms with Gasteiger partial charge in [-0.25, -0.2) is 0 Å². The Morgan fingerprint density at radius 2 is 1.82 bits per heavy atom. The second kappa shape index (κ2) is 5.96. The molecule has 0 fully saturated rings. The molecule has 0 saturated heterocycles. The summed E-state index contributed by atoms with van der Waals surface area (Å²) in [6, 6.07) is 9.40. The predicted molar refractivity (Wildman–Crippen MR) is 62.8 cm³/mol. The molecule has 94 valence electrons. The molecule has 5 nitrogen and oxygen atoms in total. The lowest BCUT2D eigenvalue weighted by Gasteiger charge is -2.13. The summed E-state index contributed by atoms with van der Waals surface area (Å²) in [5, 5.41) is 8.71. The van der Waals surface area contributed by atoms with Crippen molar-refractivity contribution in [3.63, 3.8) is 0 Å². The van der Waals surface area contributed by atoms with E-state index < -0.39 is 19.2 Å². The van der Waals surface area contributed by atoms with Crippen LogP contribution in [0, 0.1) is 0 Å². The van der Waals surface area contributed by atoms with Gasteiger partial charge in [0.25, 0.3) is 0 Å². The standard InChI is InChI=1S/C11H15O5P/c12-11(13)10(17(14,15)16)8-4-7-9-5-2-1-3-6-9/h1-3,5-6,10H,4,7-8H2,(H,12,13)(H2,14,15,16). The van der Waals surface area contributed by atoms with E-state index >= 15 is 0 Å². The van der Waals surface area contributed by atoms with E-state index in [2.05, 4.69) is 0 Å². The summed E-state index contributed by atoms with van der Waals surface area (Å²) >= 11 is 0. The molecule has 6 heteroatoms. The van der Waals surface area contributed by atoms with Crippen molar-refractivity contribution in [2.24, 2.45) is 0 Å². The minimum Gasteiger partial charge on any atom is -0.481 e. The minimum absolute atomic E-state index is 0.0193. The van der Waals surface area contributed by atoms with Crippen LogP contribution in [0.5, 0.6) is 0 Å². The van der Waals surface area contributed by atoms with Crippen LogP contribution in [0.4, 0.5) is 0 Å². The molecule has 1 atom stereocenters. The molecule has 0 amide bonds. The fraction of sp³-hybridized carbons (Fsp3) is 0.364. The van der Waals surface area contributed by atoms with Crippen molar-refractivity contribution in [3.8, 4) is 0 Å². The van der Waals surface area contributed by atoms with Gasteiger partial charge in [0.1, 0.15) is 0 Å². The third-order valence-electron chi connectivity index (χ3n) is 2.48. The average molecular weight is 258 g/mol. The second-order valence-corrected chi connectivity index (χ2v) is 5.62. The zero-order valence-corrected chi connectivity index (χ0v) is 10.1. The Morgan fingerprint density at radius 3 is 2.29 bits per heavy atom. The summed E-state index contributed by atoms with van der Waals surface area (Å²) < 4.78 is 10.9. The highest BCUT2D eigenvalue weighted by molar-refractivity contribution is 7.53. The molecule has 0 spiro atoms. The van der Waals surface area contributed by atoms with Gasteiger partial charge < -0.3 is 14.9 Å². The van der Waals surface area contributed by atoms with E-state index in [1.54, 1.807) is 0 Å². The smallest absolute Gasteiger partial charge is 0.339 e. The van der Waals surface area contributed by atoms with Crippen LogP contribution in [0.15, 0.2) is 30.3 Å². The van der Waals surface area contributed by atoms with Crippen LogP contribution >= 0.6 is 7.60 Å². The molecular formula is C11H15O5P. The van der Waals surface area contributed by atoms with Crippen molar-refractivity contribution in [1.29, 1.82) is 0 Å². The van der Waals surface area contributed by atoms with Crippen LogP contribution < -0.4 is 0 Å². The van der Waals surface area contributed by atoms with Gasteiger partial charge in [-0.05, 0) is 24.8 Å². The zero-order chi connectivity index (χ0) is 12.9. The lowest BCUT2D eigenvalue weighted by molar-refractivity contribution is -0.137. The van der Waals surface area contributed by atoms with E-state index in [1.165, 1.54) is 0 Å². The highest BCUT2D eigenvalue weighted by atomic mass is 31.2. The second-order valence-electron chi connectivity index (χ2n) is 3.82. The van der Waals surface area contributed by atoms with Crippen molar-refractivity contribution >= 4 is 13.6 Å². The molecule has 0 saturated carbocycles. The fourth-order valence-electron chi connectivity index (χ4n) is 1.58. The molecule has 0 aliphatic carbocycles. The van der Waals surface area contributed by atoms with Gasteiger partial charge >= 0.3 is 13.6 Å². The number of carboxylic acids is 1. The number of aryl methyl sites for hydroxylation is 1. The van der Waals surface area contributed by atoms with Crippen molar-refractivity contribution in [2.75, 3.05) is 0 Å². The van der Waals surface area contributed by atoms with Gasteiger partial charge in [-0.3, -0.25) is 9.36 Å². The molecule has 0 radical (unpaired) electrons. The Morgan fingerprint density at radius 1 is 1.24 bits per heavy atom. The average Bonchev–Trinajstić information content (AvgIpc) is 2.23. The number of aliphatic carboxylic acids is 1. The van der Waals surface area contributed by atoms with E-state index in [9.17, 15) is 9.36 Å². The predicted octanol–water partition coefficient (Wildman–Crippen LogP) is 1.64. The molecule has 3 N–H and O–H groups in total. The molecule has 1 aromatic rings. The molecule has 0 aromatic heterocycles. The largest absolute Gasteiger partial charge is 0.481 e. The fourth-order valence-corrected chi connectivity index (χ4v) is 2.39. The molecule has 0 bridgehead atoms. The number of carboxylic acid groups (broad SMARTS) is 1. The molecule has 0 heterocycles. The van der Waals surface area contributed by atoms with E-state index in [0.29, 0.717) is 12.8 Å². The summed E-state index contributed by atoms with van der Waals surface area (Å²) in [4.78, 5) is 28.4. The lowest BCUT2D eigenvalue weighted by Crippen LogP contribution is -2.20. The highest BCUT2D eigenvalue weighted by Gasteiger charge is 2.34. The first kappa shape index (κ1) is 13.9. The van der Waals surface area contributed by atoms with Gasteiger partial charge in [0, 0.05) is 0 Å². The summed E-state index contributed by atoms with van der Waals surface area (Å²) in [5.41, 5.74) is -0.562. The molecule has 0 aliphatic rings. The van der Waals surface area contributed by atoms with Crippen LogP contribution in [-0.4, -0.2) is 26.5 Å². The minimum atomic E-state index is -4.55. The Balaban J connectivity index is 2.49. The molecule has 1 unspecified atom stereocenters. The molecular weight excluding hydrogens is 243 g/mol. The maximum Gasteiger partial charge on any atom is 0.339 e. The van der Waals surface area contributed by atoms with Gasteiger partial charge in [-0.2, -0.15) is 0 Å². The molecule has 1 rings (SSSR count). The number of benzene rings is 1. The number of carbonyl (C=O) groups is 1. The van der Waals surface area contributed by atoms with E-state index in [1.807, 2.05) is 30.3 Å². The van der Waals surface area contributed by atoms with Crippen molar-refractivity contribution in [1.82, 2.24) is 0 Å². The van der Waals surface area contributed by atoms with Crippen LogP contribution in [0.2, 0.25) is 0 Å². The number of hydrogen-bond acceptors (Lipinski definition) is 2. The van der Waals surface area contributed by atoms with Crippen LogP contribution in [0.25, 0.3) is 0 Å². The topological polar surface area (TPSA) is 94.8 Å². The van der Waals surface area contributed by atoms with Crippen molar-refractivity contribution in [3.05, 3.63) is 35.9 Å². The summed E-state index contributed by atoms with van der Waals surface area (Å²) in [5.74, 6) is -1.44. The van der Waals surface area contributed by atoms with Crippen LogP contribution in [0.1, 0.15) is 18.4 Å². The van der Waals surface area contributed by atoms with Gasteiger partial charge in [-0.1, -0.05) is 30.3 Å². The molecule has 0 aliphatic heterocycles. The zero-order valence-electron chi connectivity index (χ0n) is 9.19. The first-order chi connectivity index (χ1) is 7.91. The Hall–Kier alpha value is -1.16. The lowest BCUT2D eigenvalue weighted by atomic mass is 10.1. The third-order valence-corrected chi connectivity index (χ3v) is 3.77. The number of rotatable bonds is 6. The van der Waals surface area contributed by atoms with Crippen molar-refractivity contribution in [2.45, 2.75) is 24.9 Å². The number of hydrogen-bond donors (Lipinski definition) is 3. The molecule has 1 aromatic carbocycles. The Kier molecular flexibility index (Phi) is 4.87. The van der Waals surface area contributed by atoms with Crippen molar-refractivity contribution < 1.29 is 24.3 Å². The van der Waals surface area contributed by atoms with Gasteiger partial charge in [0.2, 0.25) is 0 Å². The summed E-state index contributed by atoms with van der Waals surface area (Å²) in [6.45, 7) is 0. The maximum atomic E-state index is 10.9. The van der Waals surface area contributed by atoms with Crippen LogP contribution in [0.3, 0.4) is 0 Å². The molecule has 17 heavy (non-hydrogen) atoms. The summed E-state index contributed by atoms with van der Waals surface area (Å²) in [7, 11) is -4.55. The normalized spacial score (nSPS) is 13.3. The van der Waals surface area contributed by atoms with Crippen LogP contribution in [-0.2, 0) is 15.8 Å². The Bertz CT molecular complexity index is 411. The quantitative estimate of drug-likeness (QED) is 0.674. The third kappa shape index (κ3) is 4.69. The van der Waals surface area contributed by atoms with Gasteiger partial charge in [-0.15, -0.1) is 0 Å². The van der Waals surface area contributed by atoms with E-state index in [0.717, 1.165) is 5.56 Å². The highest BCUT2D eigenvalue weighted by Crippen LogP contribution is 2.43. The monoisotopic (exact) mass is 258 g/mol. The maximum absolute atomic E-state index is 10.9.